The third-order valence-electron chi connectivity index (χ3n) is 2.02. The molecule has 1 rings (SSSR count). The summed E-state index contributed by atoms with van der Waals surface area (Å²) in [6, 6.07) is 2.40. The minimum Gasteiger partial charge on any atom is -0.481 e. The zero-order valence-corrected chi connectivity index (χ0v) is 9.34. The lowest BCUT2D eigenvalue weighted by Gasteiger charge is -2.11. The molecule has 1 aromatic heterocycles. The van der Waals surface area contributed by atoms with Gasteiger partial charge in [0.1, 0.15) is 6.10 Å². The summed E-state index contributed by atoms with van der Waals surface area (Å²) in [5, 5.41) is 21.9. The van der Waals surface area contributed by atoms with Crippen LogP contribution in [0.5, 0.6) is 5.88 Å². The summed E-state index contributed by atoms with van der Waals surface area (Å²) in [6.07, 6.45) is -4.88. The summed E-state index contributed by atoms with van der Waals surface area (Å²) in [7, 11) is 1.31. The van der Waals surface area contributed by atoms with Crippen molar-refractivity contribution in [3.63, 3.8) is 0 Å². The van der Waals surface area contributed by atoms with Gasteiger partial charge in [-0.1, -0.05) is 0 Å². The molecule has 0 bridgehead atoms. The van der Waals surface area contributed by atoms with Crippen LogP contribution in [0.1, 0.15) is 0 Å². The molecule has 1 unspecified atom stereocenters. The Labute approximate surface area is 101 Å². The van der Waals surface area contributed by atoms with E-state index in [1.807, 2.05) is 0 Å². The van der Waals surface area contributed by atoms with E-state index in [-0.39, 0.29) is 11.7 Å². The Bertz CT molecular complexity index is 430. The van der Waals surface area contributed by atoms with E-state index in [1.54, 1.807) is 0 Å². The van der Waals surface area contributed by atoms with Gasteiger partial charge in [-0.25, -0.2) is 8.78 Å². The van der Waals surface area contributed by atoms with E-state index >= 15 is 0 Å². The predicted octanol–water partition coefficient (Wildman–Crippen LogP) is 1.04. The number of aliphatic hydroxyl groups is 1. The van der Waals surface area contributed by atoms with Crippen molar-refractivity contribution in [1.29, 1.82) is 0 Å². The highest BCUT2D eigenvalue weighted by atomic mass is 19.3. The molecule has 9 heteroatoms. The summed E-state index contributed by atoms with van der Waals surface area (Å²) >= 11 is 0. The van der Waals surface area contributed by atoms with Crippen molar-refractivity contribution < 1.29 is 23.5 Å². The van der Waals surface area contributed by atoms with Gasteiger partial charge >= 0.3 is 5.69 Å². The van der Waals surface area contributed by atoms with Gasteiger partial charge in [0.25, 0.3) is 6.43 Å². The van der Waals surface area contributed by atoms with Gasteiger partial charge in [0.2, 0.25) is 11.7 Å². The maximum Gasteiger partial charge on any atom is 0.311 e. The number of rotatable bonds is 6. The summed E-state index contributed by atoms with van der Waals surface area (Å²) in [6.45, 7) is -0.557. The van der Waals surface area contributed by atoms with Crippen LogP contribution in [0.4, 0.5) is 20.3 Å². The minimum atomic E-state index is -2.94. The summed E-state index contributed by atoms with van der Waals surface area (Å²) in [5.74, 6) is -0.145. The molecule has 0 spiro atoms. The number of hydrogen-bond acceptors (Lipinski definition) is 6. The third kappa shape index (κ3) is 3.48. The number of nitrogens with zero attached hydrogens (tertiary/aromatic N) is 2. The fourth-order valence-corrected chi connectivity index (χ4v) is 1.12. The highest BCUT2D eigenvalue weighted by Crippen LogP contribution is 2.24. The van der Waals surface area contributed by atoms with Gasteiger partial charge in [-0.2, -0.15) is 4.98 Å². The normalized spacial score (nSPS) is 12.3. The van der Waals surface area contributed by atoms with Crippen LogP contribution in [0.15, 0.2) is 12.1 Å². The number of aromatic nitrogens is 1. The summed E-state index contributed by atoms with van der Waals surface area (Å²) < 4.78 is 28.9. The van der Waals surface area contributed by atoms with Crippen LogP contribution in [0.3, 0.4) is 0 Å². The first-order valence-electron chi connectivity index (χ1n) is 4.85. The molecule has 0 fully saturated rings. The van der Waals surface area contributed by atoms with Crippen LogP contribution < -0.4 is 10.1 Å². The zero-order chi connectivity index (χ0) is 13.7. The van der Waals surface area contributed by atoms with Crippen molar-refractivity contribution >= 4 is 11.5 Å². The van der Waals surface area contributed by atoms with Crippen LogP contribution in [0.25, 0.3) is 0 Å². The molecule has 1 aromatic rings. The number of ether oxygens (including phenoxy) is 1. The molecule has 7 nitrogen and oxygen atoms in total. The van der Waals surface area contributed by atoms with Crippen molar-refractivity contribution in [2.24, 2.45) is 0 Å². The highest BCUT2D eigenvalue weighted by molar-refractivity contribution is 5.57. The SMILES string of the molecule is COc1ccc([N+](=O)[O-])c(NCC(O)C(F)F)n1. The standard InChI is InChI=1S/C9H11F2N3O4/c1-18-7-3-2-5(14(16)17)9(13-7)12-4-6(15)8(10)11/h2-3,6,8,15H,4H2,1H3,(H,12,13). The molecule has 0 aliphatic heterocycles. The lowest BCUT2D eigenvalue weighted by molar-refractivity contribution is -0.384. The Balaban J connectivity index is 2.87. The second-order valence-electron chi connectivity index (χ2n) is 3.26. The second kappa shape index (κ2) is 6.05. The predicted molar refractivity (Wildman–Crippen MR) is 57.9 cm³/mol. The molecule has 0 amide bonds. The first kappa shape index (κ1) is 14.0. The van der Waals surface area contributed by atoms with Gasteiger partial charge in [-0.3, -0.25) is 10.1 Å². The van der Waals surface area contributed by atoms with Crippen molar-refractivity contribution in [2.75, 3.05) is 19.0 Å². The summed E-state index contributed by atoms with van der Waals surface area (Å²) in [4.78, 5) is 13.7. The number of aliphatic hydroxyl groups excluding tert-OH is 1. The van der Waals surface area contributed by atoms with E-state index in [0.717, 1.165) is 6.07 Å². The molecule has 0 aliphatic rings. The van der Waals surface area contributed by atoms with Gasteiger partial charge in [0, 0.05) is 18.7 Å². The molecular formula is C9H11F2N3O4. The average molecular weight is 263 g/mol. The molecule has 0 saturated carbocycles. The number of halogens is 2. The lowest BCUT2D eigenvalue weighted by Crippen LogP contribution is -2.27. The Morgan fingerprint density at radius 1 is 1.61 bits per heavy atom. The molecule has 100 valence electrons. The maximum atomic E-state index is 12.1. The fourth-order valence-electron chi connectivity index (χ4n) is 1.12. The van der Waals surface area contributed by atoms with E-state index in [0.29, 0.717) is 0 Å². The lowest BCUT2D eigenvalue weighted by atomic mass is 10.3. The first-order valence-corrected chi connectivity index (χ1v) is 4.85. The number of nitro groups is 1. The molecule has 1 atom stereocenters. The number of pyridine rings is 1. The van der Waals surface area contributed by atoms with Crippen molar-refractivity contribution in [1.82, 2.24) is 4.98 Å². The Morgan fingerprint density at radius 3 is 2.78 bits per heavy atom. The van der Waals surface area contributed by atoms with Crippen molar-refractivity contribution in [3.05, 3.63) is 22.2 Å². The third-order valence-corrected chi connectivity index (χ3v) is 2.02. The molecule has 0 saturated heterocycles. The fraction of sp³-hybridized carbons (Fsp3) is 0.444. The monoisotopic (exact) mass is 263 g/mol. The topological polar surface area (TPSA) is 97.5 Å². The molecule has 0 aliphatic carbocycles. The van der Waals surface area contributed by atoms with E-state index in [2.05, 4.69) is 10.3 Å². The zero-order valence-electron chi connectivity index (χ0n) is 9.34. The largest absolute Gasteiger partial charge is 0.481 e. The van der Waals surface area contributed by atoms with Crippen molar-refractivity contribution in [2.45, 2.75) is 12.5 Å². The number of anilines is 1. The molecular weight excluding hydrogens is 252 g/mol. The summed E-state index contributed by atoms with van der Waals surface area (Å²) in [5.41, 5.74) is -0.391. The Hall–Kier alpha value is -2.03. The number of hydrogen-bond donors (Lipinski definition) is 2. The van der Waals surface area contributed by atoms with Crippen LogP contribution in [0, 0.1) is 10.1 Å². The van der Waals surface area contributed by atoms with Gasteiger partial charge < -0.3 is 15.2 Å². The first-order chi connectivity index (χ1) is 8.45. The smallest absolute Gasteiger partial charge is 0.311 e. The van der Waals surface area contributed by atoms with Crippen LogP contribution in [-0.2, 0) is 0 Å². The van der Waals surface area contributed by atoms with Gasteiger partial charge in [-0.05, 0) is 0 Å². The Morgan fingerprint density at radius 2 is 2.28 bits per heavy atom. The van der Waals surface area contributed by atoms with Gasteiger partial charge in [-0.15, -0.1) is 0 Å². The second-order valence-corrected chi connectivity index (χ2v) is 3.26. The van der Waals surface area contributed by atoms with E-state index in [4.69, 9.17) is 9.84 Å². The molecule has 2 N–H and O–H groups in total. The van der Waals surface area contributed by atoms with Gasteiger partial charge in [0.15, 0.2) is 0 Å². The Kier molecular flexibility index (Phi) is 4.72. The molecule has 18 heavy (non-hydrogen) atoms. The average Bonchev–Trinajstić information content (AvgIpc) is 2.34. The number of alkyl halides is 2. The number of nitrogens with one attached hydrogen (secondary N) is 1. The quantitative estimate of drug-likeness (QED) is 0.587. The van der Waals surface area contributed by atoms with E-state index in [9.17, 15) is 18.9 Å². The molecule has 1 heterocycles. The maximum absolute atomic E-state index is 12.1. The molecule has 0 radical (unpaired) electrons. The van der Waals surface area contributed by atoms with Crippen LogP contribution >= 0.6 is 0 Å². The van der Waals surface area contributed by atoms with Crippen LogP contribution in [-0.4, -0.2) is 41.2 Å². The van der Waals surface area contributed by atoms with Crippen LogP contribution in [0.2, 0.25) is 0 Å². The number of methoxy groups -OCH3 is 1. The van der Waals surface area contributed by atoms with Crippen molar-refractivity contribution in [3.8, 4) is 5.88 Å². The van der Waals surface area contributed by atoms with E-state index in [1.165, 1.54) is 13.2 Å². The van der Waals surface area contributed by atoms with E-state index < -0.39 is 29.7 Å². The minimum absolute atomic E-state index is 0.0923. The van der Waals surface area contributed by atoms with Gasteiger partial charge in [0.05, 0.1) is 12.0 Å². The molecule has 0 aromatic carbocycles. The highest BCUT2D eigenvalue weighted by Gasteiger charge is 2.20.